The van der Waals surface area contributed by atoms with Crippen LogP contribution < -0.4 is 10.4 Å². The molecule has 0 saturated carbocycles. The molecule has 0 aliphatic heterocycles. The summed E-state index contributed by atoms with van der Waals surface area (Å²) < 4.78 is 0.280. The van der Waals surface area contributed by atoms with Crippen LogP contribution in [0, 0.1) is 5.21 Å². The molecular weight excluding hydrogens is 156 g/mol. The van der Waals surface area contributed by atoms with Crippen LogP contribution in [0.25, 0.3) is 10.9 Å². The molecule has 2 aromatic rings. The Morgan fingerprint density at radius 3 is 2.92 bits per heavy atom. The first-order chi connectivity index (χ1) is 5.77. The molecule has 1 N–H and O–H groups in total. The van der Waals surface area contributed by atoms with Gasteiger partial charge in [0.1, 0.15) is 11.7 Å². The summed E-state index contributed by atoms with van der Waals surface area (Å²) in [6.07, 6.45) is 1.26. The van der Waals surface area contributed by atoms with Gasteiger partial charge >= 0.3 is 5.69 Å². The lowest BCUT2D eigenvalue weighted by atomic mass is 10.2. The van der Waals surface area contributed by atoms with Crippen molar-refractivity contribution in [2.75, 3.05) is 0 Å². The van der Waals surface area contributed by atoms with E-state index < -0.39 is 5.69 Å². The van der Waals surface area contributed by atoms with Crippen LogP contribution in [0.2, 0.25) is 0 Å². The first-order valence-electron chi connectivity index (χ1n) is 3.48. The first-order valence-corrected chi connectivity index (χ1v) is 3.48. The highest BCUT2D eigenvalue weighted by atomic mass is 16.5. The number of H-pyrrole nitrogens is 1. The van der Waals surface area contributed by atoms with E-state index in [1.807, 2.05) is 0 Å². The van der Waals surface area contributed by atoms with E-state index in [1.54, 1.807) is 24.3 Å². The fraction of sp³-hybridized carbons (Fsp3) is 0. The average Bonchev–Trinajstić information content (AvgIpc) is 2.07. The van der Waals surface area contributed by atoms with Gasteiger partial charge in [-0.1, -0.05) is 12.1 Å². The summed E-state index contributed by atoms with van der Waals surface area (Å²) >= 11 is 0. The number of aromatic amines is 1. The molecule has 0 saturated heterocycles. The van der Waals surface area contributed by atoms with Crippen LogP contribution in [-0.2, 0) is 0 Å². The summed E-state index contributed by atoms with van der Waals surface area (Å²) in [5.41, 5.74) is 0.0308. The zero-order valence-corrected chi connectivity index (χ0v) is 6.15. The Balaban J connectivity index is 2.93. The smallest absolute Gasteiger partial charge is 0.499 e. The van der Waals surface area contributed by atoms with Gasteiger partial charge in [-0.15, -0.1) is 0 Å². The second kappa shape index (κ2) is 2.34. The number of para-hydroxylation sites is 1. The Bertz CT molecular complexity index is 476. The highest BCUT2D eigenvalue weighted by molar-refractivity contribution is 5.76. The zero-order chi connectivity index (χ0) is 8.55. The summed E-state index contributed by atoms with van der Waals surface area (Å²) in [5.74, 6) is 0. The maximum Gasteiger partial charge on any atom is 0.499 e. The van der Waals surface area contributed by atoms with E-state index in [1.165, 1.54) is 6.20 Å². The lowest BCUT2D eigenvalue weighted by Crippen LogP contribution is -2.45. The van der Waals surface area contributed by atoms with Crippen LogP contribution in [0.3, 0.4) is 0 Å². The van der Waals surface area contributed by atoms with Crippen molar-refractivity contribution < 1.29 is 4.73 Å². The van der Waals surface area contributed by atoms with Crippen LogP contribution in [0.15, 0.2) is 35.3 Å². The van der Waals surface area contributed by atoms with Gasteiger partial charge in [-0.25, -0.2) is 9.71 Å². The highest BCUT2D eigenvalue weighted by Crippen LogP contribution is 2.04. The van der Waals surface area contributed by atoms with Crippen molar-refractivity contribution in [3.63, 3.8) is 0 Å². The molecule has 0 atom stereocenters. The lowest BCUT2D eigenvalue weighted by molar-refractivity contribution is -0.623. The Labute approximate surface area is 67.7 Å². The average molecular weight is 162 g/mol. The minimum atomic E-state index is -0.645. The van der Waals surface area contributed by atoms with Gasteiger partial charge in [0.15, 0.2) is 0 Å². The van der Waals surface area contributed by atoms with E-state index in [-0.39, 0.29) is 4.73 Å². The molecule has 4 heteroatoms. The maximum absolute atomic E-state index is 10.8. The largest absolute Gasteiger partial charge is 0.708 e. The molecule has 0 fully saturated rings. The molecule has 12 heavy (non-hydrogen) atoms. The molecule has 1 heterocycles. The Morgan fingerprint density at radius 2 is 2.08 bits per heavy atom. The molecule has 0 unspecified atom stereocenters. The molecule has 4 nitrogen and oxygen atoms in total. The fourth-order valence-electron chi connectivity index (χ4n) is 1.08. The summed E-state index contributed by atoms with van der Waals surface area (Å²) in [7, 11) is 0. The summed E-state index contributed by atoms with van der Waals surface area (Å²) in [5, 5.41) is 11.5. The third-order valence-corrected chi connectivity index (χ3v) is 1.66. The van der Waals surface area contributed by atoms with Crippen molar-refractivity contribution in [2.45, 2.75) is 0 Å². The first kappa shape index (κ1) is 6.84. The van der Waals surface area contributed by atoms with Crippen molar-refractivity contribution in [1.29, 1.82) is 0 Å². The second-order valence-electron chi connectivity index (χ2n) is 2.47. The van der Waals surface area contributed by atoms with Crippen molar-refractivity contribution >= 4 is 10.9 Å². The summed E-state index contributed by atoms with van der Waals surface area (Å²) in [6.45, 7) is 0. The summed E-state index contributed by atoms with van der Waals surface area (Å²) in [6, 6.07) is 7.12. The minimum absolute atomic E-state index is 0.280. The van der Waals surface area contributed by atoms with Crippen LogP contribution in [0.5, 0.6) is 0 Å². The molecule has 60 valence electrons. The third-order valence-electron chi connectivity index (χ3n) is 1.66. The number of hydrogen-bond acceptors (Lipinski definition) is 2. The van der Waals surface area contributed by atoms with Crippen molar-refractivity contribution in [2.24, 2.45) is 0 Å². The van der Waals surface area contributed by atoms with Crippen LogP contribution in [0.1, 0.15) is 0 Å². The van der Waals surface area contributed by atoms with Crippen LogP contribution >= 0.6 is 0 Å². The lowest BCUT2D eigenvalue weighted by Gasteiger charge is -1.98. The molecule has 0 bridgehead atoms. The van der Waals surface area contributed by atoms with Gasteiger partial charge in [-0.05, 0) is 12.1 Å². The van der Waals surface area contributed by atoms with Crippen molar-refractivity contribution in [3.05, 3.63) is 46.2 Å². The van der Waals surface area contributed by atoms with Crippen LogP contribution in [0.4, 0.5) is 0 Å². The normalized spacial score (nSPS) is 10.3. The van der Waals surface area contributed by atoms with Gasteiger partial charge in [0.2, 0.25) is 0 Å². The molecule has 0 spiro atoms. The standard InChI is InChI=1S/C8H6N2O2/c11-8-9-7-4-2-1-3-6(7)5-10(8)12/h1-5H,(H,9,11). The van der Waals surface area contributed by atoms with Crippen LogP contribution in [-0.4, -0.2) is 4.98 Å². The van der Waals surface area contributed by atoms with E-state index in [0.717, 1.165) is 5.39 Å². The number of nitrogens with one attached hydrogen (secondary N) is 1. The van der Waals surface area contributed by atoms with Crippen molar-refractivity contribution in [1.82, 2.24) is 4.98 Å². The quantitative estimate of drug-likeness (QED) is 0.443. The number of hydrogen-bond donors (Lipinski definition) is 1. The van der Waals surface area contributed by atoms with E-state index in [2.05, 4.69) is 4.98 Å². The predicted molar refractivity (Wildman–Crippen MR) is 43.5 cm³/mol. The van der Waals surface area contributed by atoms with E-state index in [0.29, 0.717) is 5.52 Å². The fourth-order valence-corrected chi connectivity index (χ4v) is 1.08. The maximum atomic E-state index is 10.8. The van der Waals surface area contributed by atoms with Gasteiger partial charge in [-0.2, -0.15) is 4.79 Å². The molecule has 0 aliphatic rings. The highest BCUT2D eigenvalue weighted by Gasteiger charge is 2.00. The zero-order valence-electron chi connectivity index (χ0n) is 6.15. The molecule has 0 amide bonds. The number of fused-ring (bicyclic) bond motifs is 1. The monoisotopic (exact) mass is 162 g/mol. The van der Waals surface area contributed by atoms with Gasteiger partial charge in [0.05, 0.1) is 5.39 Å². The Hall–Kier alpha value is -1.84. The summed E-state index contributed by atoms with van der Waals surface area (Å²) in [4.78, 5) is 13.3. The third kappa shape index (κ3) is 0.934. The Morgan fingerprint density at radius 1 is 1.33 bits per heavy atom. The topological polar surface area (TPSA) is 59.8 Å². The van der Waals surface area contributed by atoms with Gasteiger partial charge in [-0.3, -0.25) is 0 Å². The number of aromatic nitrogens is 2. The minimum Gasteiger partial charge on any atom is -0.708 e. The second-order valence-corrected chi connectivity index (χ2v) is 2.47. The molecule has 1 aromatic heterocycles. The molecule has 0 aliphatic carbocycles. The van der Waals surface area contributed by atoms with Gasteiger partial charge in [0.25, 0.3) is 0 Å². The van der Waals surface area contributed by atoms with Crippen molar-refractivity contribution in [3.8, 4) is 0 Å². The predicted octanol–water partition coefficient (Wildman–Crippen LogP) is 0.161. The number of benzene rings is 1. The van der Waals surface area contributed by atoms with E-state index in [9.17, 15) is 10.0 Å². The molecule has 0 radical (unpaired) electrons. The number of nitrogens with zero attached hydrogens (tertiary/aromatic N) is 1. The van der Waals surface area contributed by atoms with E-state index >= 15 is 0 Å². The molecule has 1 aromatic carbocycles. The molecule has 2 rings (SSSR count). The van der Waals surface area contributed by atoms with Gasteiger partial charge in [0, 0.05) is 0 Å². The molecular formula is C8H6N2O2. The van der Waals surface area contributed by atoms with Gasteiger partial charge < -0.3 is 5.21 Å². The SMILES string of the molecule is O=c1[nH]c2ccccc2c[n+]1[O-]. The Kier molecular flexibility index (Phi) is 1.33. The number of rotatable bonds is 0. The van der Waals surface area contributed by atoms with E-state index in [4.69, 9.17) is 0 Å².